The normalized spacial score (nSPS) is 35.4. The Hall–Kier alpha value is 0.943. The number of hydrogen-bond acceptors (Lipinski definition) is 0. The van der Waals surface area contributed by atoms with E-state index in [0.29, 0.717) is 0 Å². The Morgan fingerprint density at radius 2 is 1.25 bits per heavy atom. The molecule has 0 heterocycles. The fourth-order valence-corrected chi connectivity index (χ4v) is 20.0. The topological polar surface area (TPSA) is 0 Å². The molecular formula is C25H43Cl2Zr. The Balaban J connectivity index is 0.00000196. The number of halogens is 2. The zero-order valence-corrected chi connectivity index (χ0v) is 23.0. The van der Waals surface area contributed by atoms with Gasteiger partial charge in [0.15, 0.2) is 0 Å². The average Bonchev–Trinajstić information content (AvgIpc) is 3.09. The first-order valence-electron chi connectivity index (χ1n) is 11.6. The van der Waals surface area contributed by atoms with Gasteiger partial charge < -0.3 is 24.8 Å². The molecule has 6 atom stereocenters. The van der Waals surface area contributed by atoms with Crippen molar-refractivity contribution >= 4 is 0 Å². The molecule has 0 aromatic heterocycles. The van der Waals surface area contributed by atoms with E-state index in [-0.39, 0.29) is 24.8 Å². The number of allylic oxidation sites excluding steroid dienone is 4. The van der Waals surface area contributed by atoms with E-state index in [4.69, 9.17) is 0 Å². The predicted molar refractivity (Wildman–Crippen MR) is 112 cm³/mol. The molecule has 161 valence electrons. The van der Waals surface area contributed by atoms with Gasteiger partial charge in [0.1, 0.15) is 0 Å². The zero-order valence-electron chi connectivity index (χ0n) is 19.1. The smallest absolute Gasteiger partial charge is 1.00 e. The van der Waals surface area contributed by atoms with Crippen molar-refractivity contribution in [3.05, 3.63) is 21.5 Å². The van der Waals surface area contributed by atoms with Crippen molar-refractivity contribution in [3.8, 4) is 0 Å². The van der Waals surface area contributed by atoms with E-state index >= 15 is 0 Å². The molecule has 28 heavy (non-hydrogen) atoms. The van der Waals surface area contributed by atoms with E-state index in [1.165, 1.54) is 32.1 Å². The van der Waals surface area contributed by atoms with Crippen molar-refractivity contribution in [2.45, 2.75) is 93.7 Å². The molecule has 2 saturated carbocycles. The van der Waals surface area contributed by atoms with Gasteiger partial charge in [-0.3, -0.25) is 0 Å². The SMILES string of the molecule is CC1CCC(C(C)C)[CH]([Zr+2]([C]2=CC=CC2)[CH]2CC(C)CCC2C(C)C)C1.[Cl-].[Cl-]. The zero-order chi connectivity index (χ0) is 18.8. The molecule has 0 amide bonds. The maximum absolute atomic E-state index is 2.60. The van der Waals surface area contributed by atoms with Crippen LogP contribution in [0, 0.1) is 35.5 Å². The van der Waals surface area contributed by atoms with Crippen molar-refractivity contribution in [1.29, 1.82) is 0 Å². The summed E-state index contributed by atoms with van der Waals surface area (Å²) in [6, 6.07) is 0. The molecule has 0 bridgehead atoms. The van der Waals surface area contributed by atoms with E-state index < -0.39 is 21.8 Å². The van der Waals surface area contributed by atoms with Gasteiger partial charge in [-0.15, -0.1) is 0 Å². The van der Waals surface area contributed by atoms with Crippen LogP contribution in [0.15, 0.2) is 21.5 Å². The van der Waals surface area contributed by atoms with Crippen LogP contribution < -0.4 is 24.8 Å². The number of hydrogen-bond donors (Lipinski definition) is 0. The molecule has 3 rings (SSSR count). The summed E-state index contributed by atoms with van der Waals surface area (Å²) in [6.07, 6.45) is 17.9. The Morgan fingerprint density at radius 1 is 0.786 bits per heavy atom. The van der Waals surface area contributed by atoms with Crippen LogP contribution in [0.2, 0.25) is 7.25 Å². The van der Waals surface area contributed by atoms with Gasteiger partial charge >= 0.3 is 173 Å². The van der Waals surface area contributed by atoms with Crippen molar-refractivity contribution in [2.75, 3.05) is 0 Å². The predicted octanol–water partition coefficient (Wildman–Crippen LogP) is 2.22. The van der Waals surface area contributed by atoms with Crippen LogP contribution in [0.1, 0.15) is 86.5 Å². The summed E-state index contributed by atoms with van der Waals surface area (Å²) in [5.41, 5.74) is 0. The molecule has 2 fully saturated rings. The first-order chi connectivity index (χ1) is 12.4. The van der Waals surface area contributed by atoms with E-state index in [1.54, 1.807) is 12.8 Å². The molecule has 0 spiro atoms. The maximum Gasteiger partial charge on any atom is -1.00 e. The summed E-state index contributed by atoms with van der Waals surface area (Å²) in [6.45, 7) is 15.2. The van der Waals surface area contributed by atoms with Crippen molar-refractivity contribution < 1.29 is 46.6 Å². The molecule has 0 aromatic carbocycles. The second-order valence-corrected chi connectivity index (χ2v) is 18.1. The molecule has 0 aliphatic heterocycles. The second-order valence-electron chi connectivity index (χ2n) is 10.6. The van der Waals surface area contributed by atoms with E-state index in [9.17, 15) is 0 Å². The Kier molecular flexibility index (Phi) is 11.7. The van der Waals surface area contributed by atoms with Crippen molar-refractivity contribution in [2.24, 2.45) is 35.5 Å². The second kappa shape index (κ2) is 12.1. The minimum absolute atomic E-state index is 0. The molecule has 0 saturated heterocycles. The molecule has 0 N–H and O–H groups in total. The third-order valence-electron chi connectivity index (χ3n) is 7.99. The van der Waals surface area contributed by atoms with Gasteiger partial charge in [0.2, 0.25) is 0 Å². The van der Waals surface area contributed by atoms with Crippen LogP contribution in [0.4, 0.5) is 0 Å². The maximum atomic E-state index is 2.60. The first kappa shape index (κ1) is 27.0. The first-order valence-corrected chi connectivity index (χ1v) is 15.7. The molecule has 0 nitrogen and oxygen atoms in total. The Morgan fingerprint density at radius 3 is 1.61 bits per heavy atom. The molecular weight excluding hydrogens is 462 g/mol. The van der Waals surface area contributed by atoms with Crippen LogP contribution in [0.5, 0.6) is 0 Å². The van der Waals surface area contributed by atoms with Gasteiger partial charge in [0.25, 0.3) is 0 Å². The minimum atomic E-state index is -1.70. The fraction of sp³-hybridized carbons (Fsp3) is 0.840. The largest absolute Gasteiger partial charge is 1.00 e. The van der Waals surface area contributed by atoms with Gasteiger partial charge in [0, 0.05) is 0 Å². The summed E-state index contributed by atoms with van der Waals surface area (Å²) >= 11 is -1.70. The quantitative estimate of drug-likeness (QED) is 0.538. The fourth-order valence-electron chi connectivity index (χ4n) is 6.53. The molecule has 0 radical (unpaired) electrons. The van der Waals surface area contributed by atoms with E-state index in [2.05, 4.69) is 59.8 Å². The summed E-state index contributed by atoms with van der Waals surface area (Å²) < 4.78 is 4.22. The molecule has 3 heteroatoms. The van der Waals surface area contributed by atoms with Gasteiger partial charge in [0.05, 0.1) is 0 Å². The Bertz CT molecular complexity index is 493. The Labute approximate surface area is 196 Å². The monoisotopic (exact) mass is 503 g/mol. The molecule has 3 aliphatic carbocycles. The van der Waals surface area contributed by atoms with E-state index in [0.717, 1.165) is 42.8 Å². The summed E-state index contributed by atoms with van der Waals surface area (Å²) in [5.74, 6) is 5.76. The van der Waals surface area contributed by atoms with Crippen molar-refractivity contribution in [1.82, 2.24) is 0 Å². The van der Waals surface area contributed by atoms with Gasteiger partial charge in [-0.1, -0.05) is 0 Å². The van der Waals surface area contributed by atoms with Gasteiger partial charge in [-0.25, -0.2) is 0 Å². The molecule has 6 unspecified atom stereocenters. The van der Waals surface area contributed by atoms with Crippen LogP contribution in [-0.4, -0.2) is 0 Å². The average molecular weight is 506 g/mol. The van der Waals surface area contributed by atoms with E-state index in [1.807, 2.05) is 3.28 Å². The van der Waals surface area contributed by atoms with Crippen LogP contribution in [0.25, 0.3) is 0 Å². The van der Waals surface area contributed by atoms with Gasteiger partial charge in [-0.2, -0.15) is 0 Å². The summed E-state index contributed by atoms with van der Waals surface area (Å²) in [5, 5.41) is 0. The summed E-state index contributed by atoms with van der Waals surface area (Å²) in [4.78, 5) is 0. The van der Waals surface area contributed by atoms with Crippen LogP contribution >= 0.6 is 0 Å². The third kappa shape index (κ3) is 6.23. The van der Waals surface area contributed by atoms with Crippen molar-refractivity contribution in [3.63, 3.8) is 0 Å². The number of rotatable bonds is 5. The minimum Gasteiger partial charge on any atom is -1.00 e. The summed E-state index contributed by atoms with van der Waals surface area (Å²) in [7, 11) is 0. The van der Waals surface area contributed by atoms with Crippen LogP contribution in [0.3, 0.4) is 0 Å². The molecule has 0 aromatic rings. The van der Waals surface area contributed by atoms with Crippen LogP contribution in [-0.2, 0) is 21.8 Å². The van der Waals surface area contributed by atoms with Gasteiger partial charge in [-0.05, 0) is 0 Å². The third-order valence-corrected chi connectivity index (χ3v) is 17.9. The molecule has 3 aliphatic rings. The standard InChI is InChI=1S/2C10H19.C5H5.2ClH.Zr/c2*1-8(2)10-6-4-9(3)5-7-10;1-2-4-5-3-1;;;/h2*6,8-10H,4-5,7H2,1-3H3;1-3H,4H2;2*1H;/q;;;;;+2/p-2.